The summed E-state index contributed by atoms with van der Waals surface area (Å²) in [5.41, 5.74) is 2.40. The van der Waals surface area contributed by atoms with Gasteiger partial charge in [0.2, 0.25) is 5.91 Å². The number of ether oxygens (including phenoxy) is 1. The van der Waals surface area contributed by atoms with Crippen molar-refractivity contribution in [3.8, 4) is 0 Å². The molecule has 5 nitrogen and oxygen atoms in total. The number of amides is 1. The maximum absolute atomic E-state index is 12.7. The second-order valence-corrected chi connectivity index (χ2v) is 7.22. The molecule has 1 aliphatic carbocycles. The summed E-state index contributed by atoms with van der Waals surface area (Å²) in [6.45, 7) is 2.29. The Balaban J connectivity index is 1.23. The van der Waals surface area contributed by atoms with Crippen LogP contribution in [0.25, 0.3) is 0 Å². The zero-order valence-corrected chi connectivity index (χ0v) is 14.7. The van der Waals surface area contributed by atoms with E-state index >= 15 is 0 Å². The molecule has 2 fully saturated rings. The van der Waals surface area contributed by atoms with E-state index in [1.165, 1.54) is 11.1 Å². The van der Waals surface area contributed by atoms with E-state index < -0.39 is 0 Å². The SMILES string of the molecule is Cn1cc([C@@H]2C[C@@H]2C(=O)N2CCC(OCc3ccccc3)CC2)cn1. The molecule has 4 rings (SSSR count). The summed E-state index contributed by atoms with van der Waals surface area (Å²) in [5, 5.41) is 4.21. The summed E-state index contributed by atoms with van der Waals surface area (Å²) in [5.74, 6) is 0.842. The zero-order valence-electron chi connectivity index (χ0n) is 14.7. The van der Waals surface area contributed by atoms with E-state index in [1.54, 1.807) is 0 Å². The van der Waals surface area contributed by atoms with Crippen LogP contribution >= 0.6 is 0 Å². The molecular weight excluding hydrogens is 314 g/mol. The third-order valence-electron chi connectivity index (χ3n) is 5.34. The van der Waals surface area contributed by atoms with Crippen molar-refractivity contribution in [3.05, 3.63) is 53.9 Å². The number of likely N-dealkylation sites (tertiary alicyclic amines) is 1. The summed E-state index contributed by atoms with van der Waals surface area (Å²) < 4.78 is 7.83. The number of hydrogen-bond donors (Lipinski definition) is 0. The number of aryl methyl sites for hydroxylation is 1. The molecule has 0 N–H and O–H groups in total. The Hall–Kier alpha value is -2.14. The summed E-state index contributed by atoms with van der Waals surface area (Å²) in [6.07, 6.45) is 7.02. The standard InChI is InChI=1S/C20H25N3O2/c1-22-13-16(12-21-22)18-11-19(18)20(24)23-9-7-17(8-10-23)25-14-15-5-3-2-4-6-15/h2-6,12-13,17-19H,7-11,14H2,1H3/t18-,19-/m0/s1. The highest BCUT2D eigenvalue weighted by Crippen LogP contribution is 2.48. The minimum absolute atomic E-state index is 0.158. The van der Waals surface area contributed by atoms with Gasteiger partial charge in [-0.1, -0.05) is 30.3 Å². The summed E-state index contributed by atoms with van der Waals surface area (Å²) in [4.78, 5) is 14.7. The van der Waals surface area contributed by atoms with Gasteiger partial charge in [0, 0.05) is 32.3 Å². The number of aromatic nitrogens is 2. The maximum Gasteiger partial charge on any atom is 0.226 e. The summed E-state index contributed by atoms with van der Waals surface area (Å²) >= 11 is 0. The third kappa shape index (κ3) is 3.76. The van der Waals surface area contributed by atoms with Crippen LogP contribution in [0.2, 0.25) is 0 Å². The van der Waals surface area contributed by atoms with Crippen LogP contribution in [0.15, 0.2) is 42.7 Å². The van der Waals surface area contributed by atoms with E-state index in [0.29, 0.717) is 18.4 Å². The lowest BCUT2D eigenvalue weighted by Gasteiger charge is -2.32. The molecule has 1 aromatic carbocycles. The van der Waals surface area contributed by atoms with E-state index in [4.69, 9.17) is 4.74 Å². The van der Waals surface area contributed by atoms with Crippen molar-refractivity contribution in [2.45, 2.75) is 37.9 Å². The van der Waals surface area contributed by atoms with E-state index in [0.717, 1.165) is 32.4 Å². The van der Waals surface area contributed by atoms with Crippen LogP contribution in [0.1, 0.15) is 36.3 Å². The number of carbonyl (C=O) groups excluding carboxylic acids is 1. The lowest BCUT2D eigenvalue weighted by Crippen LogP contribution is -2.41. The molecule has 0 unspecified atom stereocenters. The van der Waals surface area contributed by atoms with Crippen LogP contribution in [-0.2, 0) is 23.2 Å². The fourth-order valence-corrected chi connectivity index (χ4v) is 3.73. The lowest BCUT2D eigenvalue weighted by atomic mass is 10.1. The second kappa shape index (κ2) is 7.00. The van der Waals surface area contributed by atoms with Crippen molar-refractivity contribution in [3.63, 3.8) is 0 Å². The molecule has 5 heteroatoms. The average molecular weight is 339 g/mol. The smallest absolute Gasteiger partial charge is 0.226 e. The lowest BCUT2D eigenvalue weighted by molar-refractivity contribution is -0.135. The fraction of sp³-hybridized carbons (Fsp3) is 0.500. The van der Waals surface area contributed by atoms with Gasteiger partial charge in [-0.25, -0.2) is 0 Å². The molecule has 2 heterocycles. The Kier molecular flexibility index (Phi) is 4.57. The van der Waals surface area contributed by atoms with Crippen molar-refractivity contribution < 1.29 is 9.53 Å². The highest BCUT2D eigenvalue weighted by atomic mass is 16.5. The van der Waals surface area contributed by atoms with Crippen molar-refractivity contribution in [1.29, 1.82) is 0 Å². The van der Waals surface area contributed by atoms with Gasteiger partial charge >= 0.3 is 0 Å². The molecule has 2 atom stereocenters. The van der Waals surface area contributed by atoms with E-state index in [-0.39, 0.29) is 12.0 Å². The largest absolute Gasteiger partial charge is 0.373 e. The first-order valence-electron chi connectivity index (χ1n) is 9.13. The van der Waals surface area contributed by atoms with Crippen LogP contribution in [-0.4, -0.2) is 39.8 Å². The van der Waals surface area contributed by atoms with E-state index in [1.807, 2.05) is 47.2 Å². The van der Waals surface area contributed by atoms with Gasteiger partial charge < -0.3 is 9.64 Å². The first kappa shape index (κ1) is 16.3. The van der Waals surface area contributed by atoms with Gasteiger partial charge in [-0.2, -0.15) is 5.10 Å². The van der Waals surface area contributed by atoms with Gasteiger partial charge in [0.25, 0.3) is 0 Å². The van der Waals surface area contributed by atoms with Crippen LogP contribution in [0.5, 0.6) is 0 Å². The normalized spacial score (nSPS) is 23.6. The van der Waals surface area contributed by atoms with E-state index in [9.17, 15) is 4.79 Å². The van der Waals surface area contributed by atoms with Gasteiger partial charge in [-0.3, -0.25) is 9.48 Å². The molecular formula is C20H25N3O2. The quantitative estimate of drug-likeness (QED) is 0.841. The van der Waals surface area contributed by atoms with Crippen molar-refractivity contribution in [2.24, 2.45) is 13.0 Å². The second-order valence-electron chi connectivity index (χ2n) is 7.22. The molecule has 1 saturated heterocycles. The maximum atomic E-state index is 12.7. The molecule has 1 amide bonds. The molecule has 1 aliphatic heterocycles. The predicted molar refractivity (Wildman–Crippen MR) is 94.9 cm³/mol. The molecule has 132 valence electrons. The first-order valence-corrected chi connectivity index (χ1v) is 9.13. The van der Waals surface area contributed by atoms with Gasteiger partial charge in [0.15, 0.2) is 0 Å². The minimum atomic E-state index is 0.158. The Bertz CT molecular complexity index is 720. The molecule has 2 aliphatic rings. The van der Waals surface area contributed by atoms with Gasteiger partial charge in [-0.15, -0.1) is 0 Å². The predicted octanol–water partition coefficient (Wildman–Crippen LogP) is 2.73. The van der Waals surface area contributed by atoms with E-state index in [2.05, 4.69) is 17.2 Å². The van der Waals surface area contributed by atoms with Crippen molar-refractivity contribution in [1.82, 2.24) is 14.7 Å². The Labute approximate surface area is 148 Å². The van der Waals surface area contributed by atoms with Gasteiger partial charge in [0.05, 0.1) is 18.9 Å². The van der Waals surface area contributed by atoms with Crippen LogP contribution in [0.3, 0.4) is 0 Å². The number of rotatable bonds is 5. The number of piperidine rings is 1. The summed E-state index contributed by atoms with van der Waals surface area (Å²) in [6, 6.07) is 10.3. The minimum Gasteiger partial charge on any atom is -0.373 e. The van der Waals surface area contributed by atoms with Crippen molar-refractivity contribution in [2.75, 3.05) is 13.1 Å². The number of hydrogen-bond acceptors (Lipinski definition) is 3. The molecule has 0 radical (unpaired) electrons. The third-order valence-corrected chi connectivity index (χ3v) is 5.34. The Morgan fingerprint density at radius 1 is 1.24 bits per heavy atom. The number of benzene rings is 1. The average Bonchev–Trinajstić information content (AvgIpc) is 3.34. The van der Waals surface area contributed by atoms with Crippen LogP contribution in [0, 0.1) is 5.92 Å². The topological polar surface area (TPSA) is 47.4 Å². The molecule has 2 aromatic rings. The van der Waals surface area contributed by atoms with Crippen LogP contribution in [0.4, 0.5) is 0 Å². The highest BCUT2D eigenvalue weighted by molar-refractivity contribution is 5.83. The molecule has 0 spiro atoms. The Morgan fingerprint density at radius 3 is 2.68 bits per heavy atom. The van der Waals surface area contributed by atoms with Gasteiger partial charge in [0.1, 0.15) is 0 Å². The first-order chi connectivity index (χ1) is 12.2. The van der Waals surface area contributed by atoms with Crippen LogP contribution < -0.4 is 0 Å². The van der Waals surface area contributed by atoms with Gasteiger partial charge in [-0.05, 0) is 36.3 Å². The Morgan fingerprint density at radius 2 is 2.00 bits per heavy atom. The molecule has 0 bridgehead atoms. The monoisotopic (exact) mass is 339 g/mol. The molecule has 1 saturated carbocycles. The fourth-order valence-electron chi connectivity index (χ4n) is 3.73. The molecule has 25 heavy (non-hydrogen) atoms. The number of carbonyl (C=O) groups is 1. The van der Waals surface area contributed by atoms with Crippen molar-refractivity contribution >= 4 is 5.91 Å². The molecule has 1 aromatic heterocycles. The number of nitrogens with zero attached hydrogens (tertiary/aromatic N) is 3. The summed E-state index contributed by atoms with van der Waals surface area (Å²) in [7, 11) is 1.92. The zero-order chi connectivity index (χ0) is 17.2. The highest BCUT2D eigenvalue weighted by Gasteiger charge is 2.46.